The number of carbonyl (C=O) groups is 4. The molecule has 0 aromatic heterocycles. The minimum Gasteiger partial charge on any atom is -0.463 e. The highest BCUT2D eigenvalue weighted by atomic mass is 31.2. The fourth-order valence-corrected chi connectivity index (χ4v) is 8.42. The lowest BCUT2D eigenvalue weighted by molar-refractivity contribution is -0.288. The van der Waals surface area contributed by atoms with Crippen molar-refractivity contribution in [1.82, 2.24) is 9.99 Å². The Hall–Kier alpha value is -2.48. The summed E-state index contributed by atoms with van der Waals surface area (Å²) < 4.78 is 55.4. The fraction of sp³-hybridized carbons (Fsp3) is 0.865. The monoisotopic (exact) mass is 789 g/mol. The summed E-state index contributed by atoms with van der Waals surface area (Å²) in [5.41, 5.74) is 0. The van der Waals surface area contributed by atoms with Gasteiger partial charge in [0.05, 0.1) is 31.3 Å². The summed E-state index contributed by atoms with van der Waals surface area (Å²) in [4.78, 5) is 47.8. The number of nitrogens with one attached hydrogen (secondary N) is 1. The number of esters is 3. The van der Waals surface area contributed by atoms with Crippen molar-refractivity contribution in [2.45, 2.75) is 168 Å². The lowest BCUT2D eigenvalue weighted by Gasteiger charge is -2.43. The van der Waals surface area contributed by atoms with E-state index in [1.165, 1.54) is 20.8 Å². The molecule has 10 atom stereocenters. The Morgan fingerprint density at radius 2 is 1.52 bits per heavy atom. The first kappa shape index (κ1) is 47.7. The third kappa shape index (κ3) is 15.6. The van der Waals surface area contributed by atoms with Gasteiger partial charge >= 0.3 is 17.9 Å². The molecule has 17 heteroatoms. The van der Waals surface area contributed by atoms with Crippen LogP contribution < -0.4 is 5.32 Å². The summed E-state index contributed by atoms with van der Waals surface area (Å²) in [5.74, 6) is -2.30. The molecule has 0 saturated carbocycles. The van der Waals surface area contributed by atoms with E-state index in [-0.39, 0.29) is 68.6 Å². The zero-order valence-electron chi connectivity index (χ0n) is 33.8. The Kier molecular flexibility index (Phi) is 22.0. The molecule has 54 heavy (non-hydrogen) atoms. The standard InChI is InChI=1S/C37H64N3O13P/c1-11-29-36(53-54(48-21-15-18-38)40(23(2)3)24(4)5)34(45-10)30(51-29)16-14-19-39-32(44)17-12-13-20-46-37-25(6)33(49-27(8)42)35(50-28(9)43)31(52-37)22-47-26(7)41/h23-25,29-31,33-37H,11-17,19-22H2,1-10H3,(H,39,44)/t25-,29-,30+,31-,33-,34?,35+,36-,37-,54?/m1/s1. The molecule has 0 aliphatic carbocycles. The number of nitrogens with zero attached hydrogens (tertiary/aromatic N) is 2. The maximum atomic E-state index is 12.6. The van der Waals surface area contributed by atoms with Crippen molar-refractivity contribution in [1.29, 1.82) is 5.26 Å². The van der Waals surface area contributed by atoms with Gasteiger partial charge in [0.15, 0.2) is 12.4 Å². The van der Waals surface area contributed by atoms with E-state index in [9.17, 15) is 19.2 Å². The first-order chi connectivity index (χ1) is 25.6. The summed E-state index contributed by atoms with van der Waals surface area (Å²) in [5, 5.41) is 12.1. The van der Waals surface area contributed by atoms with Gasteiger partial charge in [0.25, 0.3) is 8.53 Å². The number of ether oxygens (including phenoxy) is 7. The second-order valence-electron chi connectivity index (χ2n) is 14.1. The lowest BCUT2D eigenvalue weighted by Crippen LogP contribution is -2.58. The molecular weight excluding hydrogens is 725 g/mol. The molecule has 2 aliphatic heterocycles. The molecule has 2 rings (SSSR count). The Labute approximate surface area is 322 Å². The molecule has 2 heterocycles. The first-order valence-corrected chi connectivity index (χ1v) is 20.2. The van der Waals surface area contributed by atoms with Gasteiger partial charge in [-0.15, -0.1) is 0 Å². The van der Waals surface area contributed by atoms with E-state index < -0.39 is 57.0 Å². The van der Waals surface area contributed by atoms with Gasteiger partial charge in [0, 0.05) is 65.5 Å². The van der Waals surface area contributed by atoms with Gasteiger partial charge in [0.1, 0.15) is 31.0 Å². The number of hydrogen-bond donors (Lipinski definition) is 1. The number of rotatable bonds is 24. The van der Waals surface area contributed by atoms with Gasteiger partial charge in [-0.05, 0) is 59.8 Å². The third-order valence-corrected chi connectivity index (χ3v) is 11.2. The van der Waals surface area contributed by atoms with Crippen LogP contribution in [0.3, 0.4) is 0 Å². The first-order valence-electron chi connectivity index (χ1n) is 19.1. The molecule has 0 radical (unpaired) electrons. The van der Waals surface area contributed by atoms with Gasteiger partial charge < -0.3 is 47.5 Å². The van der Waals surface area contributed by atoms with Crippen molar-refractivity contribution in [3.63, 3.8) is 0 Å². The van der Waals surface area contributed by atoms with Crippen molar-refractivity contribution in [3.05, 3.63) is 0 Å². The Balaban J connectivity index is 1.85. The number of unbranched alkanes of at least 4 members (excludes halogenated alkanes) is 1. The SMILES string of the molecule is CC[C@H]1O[C@@H](CCCNC(=O)CCCCO[C@@H]2O[C@H](COC(C)=O)[C@H](OC(C)=O)[C@H](OC(C)=O)[C@H]2C)C(OC)[C@@H]1OP(OCCC#N)N(C(C)C)C(C)C. The van der Waals surface area contributed by atoms with Crippen LogP contribution in [0.4, 0.5) is 0 Å². The zero-order valence-corrected chi connectivity index (χ0v) is 34.7. The second-order valence-corrected chi connectivity index (χ2v) is 15.5. The molecular formula is C37H64N3O13P. The average molecular weight is 790 g/mol. The van der Waals surface area contributed by atoms with Crippen LogP contribution in [0.15, 0.2) is 0 Å². The van der Waals surface area contributed by atoms with Crippen molar-refractivity contribution >= 4 is 32.3 Å². The number of amides is 1. The minimum absolute atomic E-state index is 0.0798. The largest absolute Gasteiger partial charge is 0.463 e. The smallest absolute Gasteiger partial charge is 0.303 e. The second kappa shape index (κ2) is 24.9. The molecule has 0 spiro atoms. The van der Waals surface area contributed by atoms with Crippen LogP contribution in [0.2, 0.25) is 0 Å². The van der Waals surface area contributed by atoms with E-state index in [1.807, 2.05) is 0 Å². The van der Waals surface area contributed by atoms with E-state index in [0.717, 1.165) is 6.42 Å². The van der Waals surface area contributed by atoms with Gasteiger partial charge in [-0.1, -0.05) is 13.8 Å². The number of methoxy groups -OCH3 is 1. The summed E-state index contributed by atoms with van der Waals surface area (Å²) in [6.45, 7) is 16.7. The third-order valence-electron chi connectivity index (χ3n) is 9.02. The summed E-state index contributed by atoms with van der Waals surface area (Å²) in [6.07, 6.45) is -0.935. The van der Waals surface area contributed by atoms with Crippen molar-refractivity contribution in [2.75, 3.05) is 33.5 Å². The maximum Gasteiger partial charge on any atom is 0.303 e. The normalized spacial score (nSPS) is 27.4. The molecule has 16 nitrogen and oxygen atoms in total. The predicted octanol–water partition coefficient (Wildman–Crippen LogP) is 4.71. The number of nitriles is 1. The van der Waals surface area contributed by atoms with Gasteiger partial charge in [-0.2, -0.15) is 5.26 Å². The van der Waals surface area contributed by atoms with Crippen LogP contribution in [0.1, 0.15) is 107 Å². The number of hydrogen-bond acceptors (Lipinski definition) is 15. The highest BCUT2D eigenvalue weighted by Crippen LogP contribution is 2.50. The predicted molar refractivity (Wildman–Crippen MR) is 197 cm³/mol. The molecule has 1 amide bonds. The topological polar surface area (TPSA) is 190 Å². The van der Waals surface area contributed by atoms with Crippen LogP contribution in [0.25, 0.3) is 0 Å². The molecule has 2 unspecified atom stereocenters. The highest BCUT2D eigenvalue weighted by molar-refractivity contribution is 7.44. The Morgan fingerprint density at radius 3 is 2.09 bits per heavy atom. The van der Waals surface area contributed by atoms with Crippen LogP contribution in [0, 0.1) is 17.2 Å². The quantitative estimate of drug-likeness (QED) is 0.0612. The molecule has 2 saturated heterocycles. The van der Waals surface area contributed by atoms with Crippen LogP contribution >= 0.6 is 8.53 Å². The summed E-state index contributed by atoms with van der Waals surface area (Å²) in [7, 11) is 0.189. The van der Waals surface area contributed by atoms with Crippen LogP contribution in [-0.2, 0) is 61.4 Å². The average Bonchev–Trinajstić information content (AvgIpc) is 3.43. The molecule has 310 valence electrons. The van der Waals surface area contributed by atoms with Crippen LogP contribution in [0.5, 0.6) is 0 Å². The molecule has 0 bridgehead atoms. The van der Waals surface area contributed by atoms with Crippen molar-refractivity contribution in [3.8, 4) is 6.07 Å². The Bertz CT molecular complexity index is 1200. The highest BCUT2D eigenvalue weighted by Gasteiger charge is 2.49. The maximum absolute atomic E-state index is 12.6. The fourth-order valence-electron chi connectivity index (χ4n) is 6.65. The Morgan fingerprint density at radius 1 is 0.852 bits per heavy atom. The summed E-state index contributed by atoms with van der Waals surface area (Å²) in [6, 6.07) is 2.47. The summed E-state index contributed by atoms with van der Waals surface area (Å²) >= 11 is 0. The molecule has 0 aromatic carbocycles. The number of carbonyl (C=O) groups excluding carboxylic acids is 4. The van der Waals surface area contributed by atoms with Gasteiger partial charge in [-0.25, -0.2) is 4.67 Å². The van der Waals surface area contributed by atoms with E-state index in [4.69, 9.17) is 47.5 Å². The van der Waals surface area contributed by atoms with E-state index in [1.54, 1.807) is 14.0 Å². The van der Waals surface area contributed by atoms with Crippen LogP contribution in [-0.4, -0.2) is 123 Å². The van der Waals surface area contributed by atoms with Gasteiger partial charge in [0.2, 0.25) is 5.91 Å². The molecule has 0 aromatic rings. The van der Waals surface area contributed by atoms with E-state index in [0.29, 0.717) is 38.6 Å². The van der Waals surface area contributed by atoms with E-state index in [2.05, 4.69) is 50.7 Å². The minimum atomic E-state index is -1.47. The van der Waals surface area contributed by atoms with E-state index >= 15 is 0 Å². The molecule has 2 fully saturated rings. The van der Waals surface area contributed by atoms with Crippen molar-refractivity contribution in [2.24, 2.45) is 5.92 Å². The zero-order chi connectivity index (χ0) is 40.4. The lowest BCUT2D eigenvalue weighted by atomic mass is 9.92. The molecule has 1 N–H and O–H groups in total. The van der Waals surface area contributed by atoms with Crippen molar-refractivity contribution < 1.29 is 61.4 Å². The van der Waals surface area contributed by atoms with Gasteiger partial charge in [-0.3, -0.25) is 19.2 Å². The molecule has 2 aliphatic rings.